The Balaban J connectivity index is 0.000000260. The largest absolute Gasteiger partial charge is 0.444 e. The molecule has 1 saturated carbocycles. The van der Waals surface area contributed by atoms with Crippen LogP contribution in [0.25, 0.3) is 22.3 Å². The number of aromatic nitrogens is 2. The first-order chi connectivity index (χ1) is 23.8. The van der Waals surface area contributed by atoms with Crippen molar-refractivity contribution in [2.45, 2.75) is 111 Å². The van der Waals surface area contributed by atoms with Crippen LogP contribution in [-0.4, -0.2) is 83.8 Å². The van der Waals surface area contributed by atoms with Crippen molar-refractivity contribution in [3.05, 3.63) is 76.5 Å². The molecule has 0 radical (unpaired) electrons. The second kappa shape index (κ2) is 19.7. The smallest absolute Gasteiger partial charge is 0.410 e. The molecule has 1 aliphatic carbocycles. The number of hydrogen-bond donors (Lipinski definition) is 2. The number of halogens is 1. The zero-order chi connectivity index (χ0) is 36.7. The van der Waals surface area contributed by atoms with E-state index in [1.54, 1.807) is 17.2 Å². The number of aromatic amines is 1. The van der Waals surface area contributed by atoms with Crippen LogP contribution in [0.5, 0.6) is 0 Å². The molecule has 276 valence electrons. The van der Waals surface area contributed by atoms with Crippen LogP contribution in [0.15, 0.2) is 59.8 Å². The van der Waals surface area contributed by atoms with Gasteiger partial charge in [0.15, 0.2) is 5.67 Å². The average Bonchev–Trinajstić information content (AvgIpc) is 3.03. The number of H-pyrrole nitrogens is 1. The van der Waals surface area contributed by atoms with Crippen molar-refractivity contribution >= 4 is 6.09 Å². The fourth-order valence-electron chi connectivity index (χ4n) is 5.39. The molecule has 1 aromatic carbocycles. The molecule has 2 N–H and O–H groups in total. The third-order valence-corrected chi connectivity index (χ3v) is 8.46. The number of aryl methyl sites for hydroxylation is 2. The number of rotatable bonds is 13. The number of benzene rings is 1. The number of carbonyl (C=O) groups excluding carboxylic acids is 1. The number of likely N-dealkylation sites (tertiary alicyclic amines) is 1. The molecule has 1 saturated heterocycles. The number of pyridine rings is 2. The molecule has 3 aromatic rings. The summed E-state index contributed by atoms with van der Waals surface area (Å²) in [6.45, 7) is 17.6. The van der Waals surface area contributed by atoms with E-state index in [9.17, 15) is 14.0 Å². The minimum absolute atomic E-state index is 0.0267. The van der Waals surface area contributed by atoms with Crippen molar-refractivity contribution in [1.29, 1.82) is 0 Å². The van der Waals surface area contributed by atoms with Gasteiger partial charge in [0.25, 0.3) is 0 Å². The van der Waals surface area contributed by atoms with Crippen LogP contribution in [0.4, 0.5) is 9.18 Å². The Morgan fingerprint density at radius 3 is 2.36 bits per heavy atom. The monoisotopic (exact) mass is 694 g/mol. The summed E-state index contributed by atoms with van der Waals surface area (Å²) in [5, 5.41) is 3.46. The number of alkyl halides is 1. The number of hydrogen-bond acceptors (Lipinski definition) is 7. The first-order valence-electron chi connectivity index (χ1n) is 18.2. The van der Waals surface area contributed by atoms with E-state index < -0.39 is 11.3 Å². The minimum atomic E-state index is -1.52. The molecule has 2 aliphatic rings. The Kier molecular flexibility index (Phi) is 16.1. The summed E-state index contributed by atoms with van der Waals surface area (Å²) in [5.41, 5.74) is 4.91. The van der Waals surface area contributed by atoms with Gasteiger partial charge < -0.3 is 29.4 Å². The summed E-state index contributed by atoms with van der Waals surface area (Å²) in [7, 11) is 0. The summed E-state index contributed by atoms with van der Waals surface area (Å²) in [4.78, 5) is 31.6. The molecule has 50 heavy (non-hydrogen) atoms. The Bertz CT molecular complexity index is 1510. The number of carbonyl (C=O) groups is 1. The van der Waals surface area contributed by atoms with Crippen molar-refractivity contribution in [3.8, 4) is 22.3 Å². The molecule has 0 spiro atoms. The van der Waals surface area contributed by atoms with Crippen LogP contribution in [0.3, 0.4) is 0 Å². The van der Waals surface area contributed by atoms with Gasteiger partial charge in [0.1, 0.15) is 5.60 Å². The Hall–Kier alpha value is -3.60. The lowest BCUT2D eigenvalue weighted by molar-refractivity contribution is -0.103. The Morgan fingerprint density at radius 2 is 1.76 bits per heavy atom. The number of ether oxygens (including phenoxy) is 3. The van der Waals surface area contributed by atoms with Crippen LogP contribution in [-0.2, 0) is 20.6 Å². The molecule has 1 amide bonds. The third kappa shape index (κ3) is 13.3. The highest BCUT2D eigenvalue weighted by molar-refractivity contribution is 5.74. The van der Waals surface area contributed by atoms with E-state index in [1.807, 2.05) is 59.1 Å². The summed E-state index contributed by atoms with van der Waals surface area (Å²) in [6, 6.07) is 12.5. The van der Waals surface area contributed by atoms with E-state index in [1.165, 1.54) is 48.4 Å². The van der Waals surface area contributed by atoms with Crippen molar-refractivity contribution in [1.82, 2.24) is 20.2 Å². The normalized spacial score (nSPS) is 15.7. The van der Waals surface area contributed by atoms with E-state index in [4.69, 9.17) is 14.2 Å². The van der Waals surface area contributed by atoms with Gasteiger partial charge in [-0.3, -0.25) is 9.78 Å². The third-order valence-electron chi connectivity index (χ3n) is 8.46. The van der Waals surface area contributed by atoms with Gasteiger partial charge in [-0.15, -0.1) is 0 Å². The topological polar surface area (TPSA) is 106 Å². The zero-order valence-corrected chi connectivity index (χ0v) is 31.4. The van der Waals surface area contributed by atoms with Crippen LogP contribution in [0.1, 0.15) is 85.3 Å². The molecule has 5 rings (SSSR count). The van der Waals surface area contributed by atoms with Gasteiger partial charge in [0.2, 0.25) is 5.56 Å². The number of amides is 1. The first kappa shape index (κ1) is 40.8. The van der Waals surface area contributed by atoms with Crippen molar-refractivity contribution in [2.24, 2.45) is 0 Å². The van der Waals surface area contributed by atoms with Crippen LogP contribution in [0, 0.1) is 6.92 Å². The lowest BCUT2D eigenvalue weighted by atomic mass is 9.93. The second-order valence-electron chi connectivity index (χ2n) is 14.1. The molecule has 1 atom stereocenters. The summed E-state index contributed by atoms with van der Waals surface area (Å²) in [6.07, 6.45) is 10.7. The average molecular weight is 695 g/mol. The lowest BCUT2D eigenvalue weighted by Gasteiger charge is -2.40. The molecular formula is C40H59FN4O5. The predicted molar refractivity (Wildman–Crippen MR) is 199 cm³/mol. The van der Waals surface area contributed by atoms with Crippen molar-refractivity contribution in [3.63, 3.8) is 0 Å². The maximum absolute atomic E-state index is 14.4. The van der Waals surface area contributed by atoms with Gasteiger partial charge in [-0.05, 0) is 107 Å². The molecule has 2 aromatic heterocycles. The van der Waals surface area contributed by atoms with E-state index in [-0.39, 0.29) is 31.0 Å². The van der Waals surface area contributed by atoms with Gasteiger partial charge in [-0.2, -0.15) is 0 Å². The maximum Gasteiger partial charge on any atom is 0.410 e. The predicted octanol–water partition coefficient (Wildman–Crippen LogP) is 7.90. The Morgan fingerprint density at radius 1 is 1.04 bits per heavy atom. The summed E-state index contributed by atoms with van der Waals surface area (Å²) < 4.78 is 30.7. The number of nitrogens with zero attached hydrogens (tertiary/aromatic N) is 2. The highest BCUT2D eigenvalue weighted by Crippen LogP contribution is 2.30. The molecule has 1 aliphatic heterocycles. The quantitative estimate of drug-likeness (QED) is 0.175. The molecular weight excluding hydrogens is 635 g/mol. The highest BCUT2D eigenvalue weighted by atomic mass is 19.1. The maximum atomic E-state index is 14.4. The van der Waals surface area contributed by atoms with E-state index in [0.717, 1.165) is 30.5 Å². The fourth-order valence-corrected chi connectivity index (χ4v) is 5.39. The van der Waals surface area contributed by atoms with Crippen LogP contribution >= 0.6 is 0 Å². The molecule has 10 heteroatoms. The second-order valence-corrected chi connectivity index (χ2v) is 14.1. The van der Waals surface area contributed by atoms with E-state index in [0.29, 0.717) is 25.7 Å². The zero-order valence-electron chi connectivity index (χ0n) is 31.4. The van der Waals surface area contributed by atoms with Crippen molar-refractivity contribution < 1.29 is 23.4 Å². The Labute approximate surface area is 298 Å². The SMILES string of the molecule is CC.CC(F)(COCCCNC1CCC1)COC1CN(C(=O)OC(C)(C)C)C1.CCc1cc(-c2ccc(=O)[nH]c2)ccc1-c1cnccc1C. The molecule has 9 nitrogen and oxygen atoms in total. The van der Waals surface area contributed by atoms with Crippen molar-refractivity contribution in [2.75, 3.05) is 39.5 Å². The molecule has 2 fully saturated rings. The van der Waals surface area contributed by atoms with Crippen LogP contribution in [0.2, 0.25) is 0 Å². The van der Waals surface area contributed by atoms with Gasteiger partial charge in [0, 0.05) is 42.9 Å². The molecule has 3 heterocycles. The van der Waals surface area contributed by atoms with Gasteiger partial charge in [-0.25, -0.2) is 9.18 Å². The van der Waals surface area contributed by atoms with Crippen LogP contribution < -0.4 is 10.9 Å². The first-order valence-corrected chi connectivity index (χ1v) is 18.2. The van der Waals surface area contributed by atoms with E-state index in [2.05, 4.69) is 47.3 Å². The number of nitrogens with one attached hydrogen (secondary N) is 2. The minimum Gasteiger partial charge on any atom is -0.444 e. The highest BCUT2D eigenvalue weighted by Gasteiger charge is 2.36. The molecule has 1 unspecified atom stereocenters. The van der Waals surface area contributed by atoms with Gasteiger partial charge in [-0.1, -0.05) is 45.4 Å². The summed E-state index contributed by atoms with van der Waals surface area (Å²) >= 11 is 0. The standard InChI is InChI=1S/C19H35FN2O4.C19H18N2O.C2H6/c1-18(2,3)26-17(23)22-11-16(12-22)25-14-19(4,20)13-24-10-6-9-21-15-7-5-8-15;1-3-14-10-15(16-5-7-19(22)21-11-16)4-6-17(14)18-12-20-9-8-13(18)2;1-2/h15-16,21H,5-14H2,1-4H3;4-12H,3H2,1-2H3,(H,21,22);1-2H3. The molecule has 0 bridgehead atoms. The van der Waals surface area contributed by atoms with E-state index >= 15 is 0 Å². The van der Waals surface area contributed by atoms with Gasteiger partial charge >= 0.3 is 6.09 Å². The summed E-state index contributed by atoms with van der Waals surface area (Å²) in [5.74, 6) is 0. The fraction of sp³-hybridized carbons (Fsp3) is 0.575. The van der Waals surface area contributed by atoms with Gasteiger partial charge in [0.05, 0.1) is 32.4 Å². The lowest BCUT2D eigenvalue weighted by Crippen LogP contribution is -2.56.